The number of hydrogen-bond acceptors (Lipinski definition) is 4. The Balaban J connectivity index is 1.42. The van der Waals surface area contributed by atoms with E-state index in [2.05, 4.69) is 62.7 Å². The van der Waals surface area contributed by atoms with Crippen LogP contribution >= 0.6 is 0 Å². The Kier molecular flexibility index (Phi) is 4.91. The van der Waals surface area contributed by atoms with Crippen molar-refractivity contribution in [2.45, 2.75) is 39.3 Å². The van der Waals surface area contributed by atoms with E-state index in [9.17, 15) is 0 Å². The molecule has 0 saturated carbocycles. The number of hydrogen-bond donors (Lipinski definition) is 0. The predicted octanol–water partition coefficient (Wildman–Crippen LogP) is 5.20. The first kappa shape index (κ1) is 19.7. The second kappa shape index (κ2) is 8.20. The third kappa shape index (κ3) is 3.67. The maximum Gasteiger partial charge on any atom is 0.171 e. The van der Waals surface area contributed by atoms with Crippen LogP contribution < -0.4 is 4.74 Å². The van der Waals surface area contributed by atoms with Crippen LogP contribution in [0.25, 0.3) is 17.1 Å². The van der Waals surface area contributed by atoms with Crippen LogP contribution in [-0.4, -0.2) is 24.3 Å². The molecule has 3 heterocycles. The van der Waals surface area contributed by atoms with E-state index in [0.717, 1.165) is 53.6 Å². The van der Waals surface area contributed by atoms with Gasteiger partial charge in [-0.2, -0.15) is 0 Å². The molecule has 0 bridgehead atoms. The summed E-state index contributed by atoms with van der Waals surface area (Å²) in [5.74, 6) is 2.50. The van der Waals surface area contributed by atoms with Gasteiger partial charge in [0.25, 0.3) is 0 Å². The van der Waals surface area contributed by atoms with Gasteiger partial charge >= 0.3 is 0 Å². The first-order chi connectivity index (χ1) is 16.3. The molecule has 2 aromatic heterocycles. The molecule has 1 aliphatic carbocycles. The molecule has 164 valence electrons. The van der Waals surface area contributed by atoms with E-state index in [1.54, 1.807) is 0 Å². The van der Waals surface area contributed by atoms with Crippen molar-refractivity contribution >= 4 is 0 Å². The van der Waals surface area contributed by atoms with Gasteiger partial charge in [-0.3, -0.25) is 0 Å². The van der Waals surface area contributed by atoms with Crippen LogP contribution in [0.3, 0.4) is 0 Å². The molecular formula is C27H25N5O. The van der Waals surface area contributed by atoms with Crippen molar-refractivity contribution in [3.05, 3.63) is 101 Å². The normalized spacial score (nSPS) is 14.2. The summed E-state index contributed by atoms with van der Waals surface area (Å²) in [7, 11) is 0. The lowest BCUT2D eigenvalue weighted by Gasteiger charge is -2.12. The second-order valence-electron chi connectivity index (χ2n) is 8.62. The van der Waals surface area contributed by atoms with E-state index in [4.69, 9.17) is 9.72 Å². The number of fused-ring (bicyclic) bond motifs is 5. The lowest BCUT2D eigenvalue weighted by molar-refractivity contribution is 0.290. The highest BCUT2D eigenvalue weighted by Gasteiger charge is 2.26. The number of nitrogens with zero attached hydrogens (tertiary/aromatic N) is 5. The topological polar surface area (TPSA) is 57.8 Å². The summed E-state index contributed by atoms with van der Waals surface area (Å²) in [6.07, 6.45) is 11.6. The Hall–Kier alpha value is -3.93. The molecule has 0 radical (unpaired) electrons. The highest BCUT2D eigenvalue weighted by molar-refractivity contribution is 5.70. The molecule has 4 aromatic rings. The Morgan fingerprint density at radius 2 is 1.97 bits per heavy atom. The predicted molar refractivity (Wildman–Crippen MR) is 127 cm³/mol. The van der Waals surface area contributed by atoms with Gasteiger partial charge in [0.1, 0.15) is 12.4 Å². The van der Waals surface area contributed by atoms with Crippen molar-refractivity contribution in [3.8, 4) is 22.8 Å². The van der Waals surface area contributed by atoms with Gasteiger partial charge < -0.3 is 13.9 Å². The molecule has 6 rings (SSSR count). The fourth-order valence-electron chi connectivity index (χ4n) is 4.61. The molecule has 0 spiro atoms. The summed E-state index contributed by atoms with van der Waals surface area (Å²) in [5, 5.41) is 9.12. The maximum atomic E-state index is 6.03. The molecule has 2 aromatic carbocycles. The van der Waals surface area contributed by atoms with Gasteiger partial charge in [-0.25, -0.2) is 4.98 Å². The van der Waals surface area contributed by atoms with Gasteiger partial charge in [0, 0.05) is 12.0 Å². The third-order valence-electron chi connectivity index (χ3n) is 6.35. The van der Waals surface area contributed by atoms with Crippen molar-refractivity contribution in [3.63, 3.8) is 0 Å². The van der Waals surface area contributed by atoms with E-state index in [1.807, 2.05) is 36.7 Å². The Bertz CT molecular complexity index is 1380. The fourth-order valence-corrected chi connectivity index (χ4v) is 4.61. The van der Waals surface area contributed by atoms with Crippen LogP contribution in [0.1, 0.15) is 35.6 Å². The van der Waals surface area contributed by atoms with Crippen LogP contribution in [0.4, 0.5) is 0 Å². The van der Waals surface area contributed by atoms with Crippen molar-refractivity contribution in [1.82, 2.24) is 24.3 Å². The summed E-state index contributed by atoms with van der Waals surface area (Å²) in [6, 6.07) is 16.3. The third-order valence-corrected chi connectivity index (χ3v) is 6.35. The molecule has 0 saturated heterocycles. The Labute approximate surface area is 192 Å². The summed E-state index contributed by atoms with van der Waals surface area (Å²) in [4.78, 5) is 4.85. The summed E-state index contributed by atoms with van der Waals surface area (Å²) in [5.41, 5.74) is 7.05. The van der Waals surface area contributed by atoms with Gasteiger partial charge in [-0.1, -0.05) is 53.6 Å². The van der Waals surface area contributed by atoms with Crippen molar-refractivity contribution in [2.24, 2.45) is 0 Å². The molecule has 0 atom stereocenters. The lowest BCUT2D eigenvalue weighted by atomic mass is 10.00. The van der Waals surface area contributed by atoms with Crippen molar-refractivity contribution in [1.29, 1.82) is 0 Å². The highest BCUT2D eigenvalue weighted by atomic mass is 16.5. The first-order valence-electron chi connectivity index (χ1n) is 11.4. The van der Waals surface area contributed by atoms with Crippen LogP contribution in [-0.2, 0) is 19.6 Å². The zero-order chi connectivity index (χ0) is 22.2. The average molecular weight is 436 g/mol. The molecule has 2 aliphatic rings. The lowest BCUT2D eigenvalue weighted by Crippen LogP contribution is -2.11. The van der Waals surface area contributed by atoms with Gasteiger partial charge in [0.05, 0.1) is 29.9 Å². The van der Waals surface area contributed by atoms with Crippen LogP contribution in [0.2, 0.25) is 0 Å². The van der Waals surface area contributed by atoms with E-state index >= 15 is 0 Å². The van der Waals surface area contributed by atoms with Crippen LogP contribution in [0.5, 0.6) is 5.75 Å². The zero-order valence-electron chi connectivity index (χ0n) is 18.6. The maximum absolute atomic E-state index is 6.03. The van der Waals surface area contributed by atoms with E-state index in [0.29, 0.717) is 13.2 Å². The van der Waals surface area contributed by atoms with Gasteiger partial charge in [0.15, 0.2) is 11.6 Å². The monoisotopic (exact) mass is 435 g/mol. The molecule has 6 heteroatoms. The van der Waals surface area contributed by atoms with Crippen LogP contribution in [0, 0.1) is 6.92 Å². The molecule has 0 fully saturated rings. The number of ether oxygens (including phenoxy) is 1. The number of allylic oxidation sites excluding steroid dienone is 4. The van der Waals surface area contributed by atoms with Gasteiger partial charge in [0.2, 0.25) is 0 Å². The number of imidazole rings is 1. The number of rotatable bonds is 5. The smallest absolute Gasteiger partial charge is 0.171 e. The van der Waals surface area contributed by atoms with Gasteiger partial charge in [-0.15, -0.1) is 10.2 Å². The number of aryl methyl sites for hydroxylation is 1. The first-order valence-corrected chi connectivity index (χ1v) is 11.4. The SMILES string of the molecule is Cc1ccc2c(c1)-c1nnc(COc3ccccc3)n1Cc1c(CC3=CC=CCC3)ncn1-2. The molecule has 0 N–H and O–H groups in total. The fraction of sp³-hybridized carbons (Fsp3) is 0.222. The minimum atomic E-state index is 0.359. The molecular weight excluding hydrogens is 410 g/mol. The molecule has 1 aliphatic heterocycles. The summed E-state index contributed by atoms with van der Waals surface area (Å²) < 4.78 is 10.4. The van der Waals surface area contributed by atoms with E-state index in [1.165, 1.54) is 16.8 Å². The minimum absolute atomic E-state index is 0.359. The molecule has 0 amide bonds. The number of para-hydroxylation sites is 1. The number of benzene rings is 2. The van der Waals surface area contributed by atoms with Crippen molar-refractivity contribution in [2.75, 3.05) is 0 Å². The quantitative estimate of drug-likeness (QED) is 0.381. The Morgan fingerprint density at radius 3 is 2.82 bits per heavy atom. The van der Waals surface area contributed by atoms with E-state index < -0.39 is 0 Å². The molecule has 0 unspecified atom stereocenters. The zero-order valence-corrected chi connectivity index (χ0v) is 18.6. The number of aromatic nitrogens is 5. The summed E-state index contributed by atoms with van der Waals surface area (Å²) in [6.45, 7) is 3.12. The van der Waals surface area contributed by atoms with E-state index in [-0.39, 0.29) is 0 Å². The summed E-state index contributed by atoms with van der Waals surface area (Å²) >= 11 is 0. The van der Waals surface area contributed by atoms with Gasteiger partial charge in [-0.05, 0) is 44.0 Å². The molecule has 33 heavy (non-hydrogen) atoms. The largest absolute Gasteiger partial charge is 0.486 e. The molecule has 6 nitrogen and oxygen atoms in total. The Morgan fingerprint density at radius 1 is 1.06 bits per heavy atom. The minimum Gasteiger partial charge on any atom is -0.486 e. The van der Waals surface area contributed by atoms with Crippen LogP contribution in [0.15, 0.2) is 78.7 Å². The van der Waals surface area contributed by atoms with Crippen molar-refractivity contribution < 1.29 is 4.74 Å². The standard InChI is InChI=1S/C27H25N5O/c1-19-12-13-24-22(14-19)27-30-29-26(17-33-21-10-6-3-7-11-21)31(27)16-25-23(28-18-32(24)25)15-20-8-4-2-5-9-20/h2-4,6-8,10-14,18H,5,9,15-17H2,1H3. The second-order valence-corrected chi connectivity index (χ2v) is 8.62. The average Bonchev–Trinajstić information content (AvgIpc) is 3.40. The highest BCUT2D eigenvalue weighted by Crippen LogP contribution is 2.34.